The van der Waals surface area contributed by atoms with Crippen molar-refractivity contribution >= 4 is 0 Å². The van der Waals surface area contributed by atoms with Crippen LogP contribution in [0.5, 0.6) is 5.75 Å². The average Bonchev–Trinajstić information content (AvgIpc) is 2.38. The summed E-state index contributed by atoms with van der Waals surface area (Å²) in [6, 6.07) is 12.0. The number of rotatable bonds is 3. The predicted molar refractivity (Wildman–Crippen MR) is 70.2 cm³/mol. The highest BCUT2D eigenvalue weighted by atomic mass is 19.1. The lowest BCUT2D eigenvalue weighted by molar-refractivity contribution is 0.414. The van der Waals surface area contributed by atoms with Crippen LogP contribution in [0.15, 0.2) is 42.5 Å². The zero-order chi connectivity index (χ0) is 13.1. The molecule has 3 heteroatoms. The van der Waals surface area contributed by atoms with Crippen LogP contribution >= 0.6 is 0 Å². The molecule has 2 aromatic carbocycles. The molecule has 2 aromatic rings. The molecule has 2 nitrogen and oxygen atoms in total. The van der Waals surface area contributed by atoms with Crippen LogP contribution in [-0.2, 0) is 0 Å². The molecule has 18 heavy (non-hydrogen) atoms. The van der Waals surface area contributed by atoms with Crippen LogP contribution in [0.1, 0.15) is 22.7 Å². The Balaban J connectivity index is 2.31. The van der Waals surface area contributed by atoms with E-state index in [0.29, 0.717) is 0 Å². The summed E-state index contributed by atoms with van der Waals surface area (Å²) in [5, 5.41) is 0. The molecule has 0 aliphatic heterocycles. The van der Waals surface area contributed by atoms with Crippen LogP contribution in [0.25, 0.3) is 0 Å². The van der Waals surface area contributed by atoms with Gasteiger partial charge in [0.15, 0.2) is 0 Å². The predicted octanol–water partition coefficient (Wildman–Crippen LogP) is 3.19. The minimum absolute atomic E-state index is 0.238. The van der Waals surface area contributed by atoms with Crippen molar-refractivity contribution in [2.45, 2.75) is 13.0 Å². The van der Waals surface area contributed by atoms with E-state index in [4.69, 9.17) is 10.5 Å². The van der Waals surface area contributed by atoms with Crippen LogP contribution in [0.4, 0.5) is 4.39 Å². The van der Waals surface area contributed by atoms with Crippen LogP contribution in [0.3, 0.4) is 0 Å². The number of ether oxygens (including phenoxy) is 1. The van der Waals surface area contributed by atoms with Gasteiger partial charge in [-0.2, -0.15) is 0 Å². The summed E-state index contributed by atoms with van der Waals surface area (Å²) in [5.74, 6) is 0.556. The Labute approximate surface area is 106 Å². The third-order valence-electron chi connectivity index (χ3n) is 3.04. The van der Waals surface area contributed by atoms with Crippen molar-refractivity contribution < 1.29 is 9.13 Å². The van der Waals surface area contributed by atoms with Crippen LogP contribution in [0.2, 0.25) is 0 Å². The molecular weight excluding hydrogens is 229 g/mol. The lowest BCUT2D eigenvalue weighted by Gasteiger charge is -2.15. The maximum absolute atomic E-state index is 13.1. The Kier molecular flexibility index (Phi) is 3.63. The first-order chi connectivity index (χ1) is 8.61. The van der Waals surface area contributed by atoms with Crippen molar-refractivity contribution in [3.63, 3.8) is 0 Å². The van der Waals surface area contributed by atoms with E-state index in [1.54, 1.807) is 13.2 Å². The highest BCUT2D eigenvalue weighted by Crippen LogP contribution is 2.24. The minimum Gasteiger partial charge on any atom is -0.497 e. The lowest BCUT2D eigenvalue weighted by atomic mass is 9.96. The zero-order valence-corrected chi connectivity index (χ0v) is 10.5. The normalized spacial score (nSPS) is 12.2. The van der Waals surface area contributed by atoms with Gasteiger partial charge in [0.2, 0.25) is 0 Å². The Bertz CT molecular complexity index is 537. The Hall–Kier alpha value is -1.87. The van der Waals surface area contributed by atoms with Gasteiger partial charge in [0.25, 0.3) is 0 Å². The van der Waals surface area contributed by atoms with Gasteiger partial charge in [-0.25, -0.2) is 4.39 Å². The number of benzene rings is 2. The third-order valence-corrected chi connectivity index (χ3v) is 3.04. The van der Waals surface area contributed by atoms with E-state index in [1.807, 2.05) is 31.2 Å². The van der Waals surface area contributed by atoms with Gasteiger partial charge in [-0.3, -0.25) is 0 Å². The summed E-state index contributed by atoms with van der Waals surface area (Å²) >= 11 is 0. The maximum Gasteiger partial charge on any atom is 0.123 e. The molecule has 0 spiro atoms. The number of nitrogens with two attached hydrogens (primary N) is 1. The quantitative estimate of drug-likeness (QED) is 0.901. The van der Waals surface area contributed by atoms with Crippen LogP contribution in [-0.4, -0.2) is 7.11 Å². The topological polar surface area (TPSA) is 35.2 Å². The first-order valence-corrected chi connectivity index (χ1v) is 5.77. The van der Waals surface area contributed by atoms with E-state index in [-0.39, 0.29) is 11.9 Å². The molecule has 0 saturated heterocycles. The second-order valence-corrected chi connectivity index (χ2v) is 4.25. The van der Waals surface area contributed by atoms with Gasteiger partial charge in [0.1, 0.15) is 11.6 Å². The Morgan fingerprint density at radius 1 is 1.11 bits per heavy atom. The molecule has 1 atom stereocenters. The fourth-order valence-corrected chi connectivity index (χ4v) is 1.98. The van der Waals surface area contributed by atoms with Gasteiger partial charge in [-0.05, 0) is 47.9 Å². The molecule has 0 saturated carbocycles. The Morgan fingerprint density at radius 3 is 2.33 bits per heavy atom. The molecule has 0 aliphatic carbocycles. The number of hydrogen-bond acceptors (Lipinski definition) is 2. The van der Waals surface area contributed by atoms with Crippen molar-refractivity contribution in [3.05, 3.63) is 65.0 Å². The molecule has 1 unspecified atom stereocenters. The lowest BCUT2D eigenvalue weighted by Crippen LogP contribution is -2.13. The van der Waals surface area contributed by atoms with Crippen LogP contribution < -0.4 is 10.5 Å². The van der Waals surface area contributed by atoms with Crippen molar-refractivity contribution in [2.75, 3.05) is 7.11 Å². The molecule has 0 aliphatic rings. The van der Waals surface area contributed by atoms with Crippen LogP contribution in [0, 0.1) is 12.7 Å². The highest BCUT2D eigenvalue weighted by Gasteiger charge is 2.11. The Morgan fingerprint density at radius 2 is 1.78 bits per heavy atom. The summed E-state index contributed by atoms with van der Waals surface area (Å²) in [6.07, 6.45) is 0. The van der Waals surface area contributed by atoms with Crippen molar-refractivity contribution in [1.29, 1.82) is 0 Å². The third kappa shape index (κ3) is 2.51. The monoisotopic (exact) mass is 245 g/mol. The SMILES string of the molecule is COc1ccc(C(N)c2ccc(F)cc2C)cc1. The number of halogens is 1. The second kappa shape index (κ2) is 5.19. The molecule has 0 fully saturated rings. The molecule has 94 valence electrons. The molecule has 2 N–H and O–H groups in total. The fourth-order valence-electron chi connectivity index (χ4n) is 1.98. The van der Waals surface area contributed by atoms with Gasteiger partial charge in [-0.15, -0.1) is 0 Å². The van der Waals surface area contributed by atoms with Crippen molar-refractivity contribution in [2.24, 2.45) is 5.73 Å². The van der Waals surface area contributed by atoms with E-state index >= 15 is 0 Å². The van der Waals surface area contributed by atoms with E-state index in [9.17, 15) is 4.39 Å². The van der Waals surface area contributed by atoms with E-state index < -0.39 is 0 Å². The average molecular weight is 245 g/mol. The number of hydrogen-bond donors (Lipinski definition) is 1. The molecule has 0 radical (unpaired) electrons. The van der Waals surface area contributed by atoms with E-state index in [1.165, 1.54) is 12.1 Å². The van der Waals surface area contributed by atoms with Gasteiger partial charge < -0.3 is 10.5 Å². The van der Waals surface area contributed by atoms with Crippen molar-refractivity contribution in [1.82, 2.24) is 0 Å². The first-order valence-electron chi connectivity index (χ1n) is 5.77. The summed E-state index contributed by atoms with van der Waals surface area (Å²) in [6.45, 7) is 1.86. The van der Waals surface area contributed by atoms with E-state index in [2.05, 4.69) is 0 Å². The highest BCUT2D eigenvalue weighted by molar-refractivity contribution is 5.38. The summed E-state index contributed by atoms with van der Waals surface area (Å²) in [4.78, 5) is 0. The second-order valence-electron chi connectivity index (χ2n) is 4.25. The summed E-state index contributed by atoms with van der Waals surface area (Å²) in [7, 11) is 1.62. The molecule has 0 heterocycles. The zero-order valence-electron chi connectivity index (χ0n) is 10.5. The summed E-state index contributed by atoms with van der Waals surface area (Å²) in [5.41, 5.74) is 8.96. The van der Waals surface area contributed by atoms with E-state index in [0.717, 1.165) is 22.4 Å². The summed E-state index contributed by atoms with van der Waals surface area (Å²) < 4.78 is 18.2. The number of aryl methyl sites for hydroxylation is 1. The smallest absolute Gasteiger partial charge is 0.123 e. The molecular formula is C15H16FNO. The first kappa shape index (κ1) is 12.6. The molecule has 0 aromatic heterocycles. The largest absolute Gasteiger partial charge is 0.497 e. The number of methoxy groups -OCH3 is 1. The standard InChI is InChI=1S/C15H16FNO/c1-10-9-12(16)5-8-14(10)15(17)11-3-6-13(18-2)7-4-11/h3-9,15H,17H2,1-2H3. The van der Waals surface area contributed by atoms with Crippen molar-refractivity contribution in [3.8, 4) is 5.75 Å². The molecule has 2 rings (SSSR count). The fraction of sp³-hybridized carbons (Fsp3) is 0.200. The maximum atomic E-state index is 13.1. The minimum atomic E-state index is -0.253. The molecule has 0 amide bonds. The van der Waals surface area contributed by atoms with Gasteiger partial charge in [0.05, 0.1) is 13.2 Å². The molecule has 0 bridgehead atoms. The van der Waals surface area contributed by atoms with Gasteiger partial charge in [0, 0.05) is 0 Å². The van der Waals surface area contributed by atoms with Gasteiger partial charge in [-0.1, -0.05) is 18.2 Å². The van der Waals surface area contributed by atoms with Gasteiger partial charge >= 0.3 is 0 Å².